The Morgan fingerprint density at radius 3 is 2.27 bits per heavy atom. The number of phenols is 1. The number of nitrogens with zero attached hydrogens (tertiary/aromatic N) is 1. The van der Waals surface area contributed by atoms with E-state index in [2.05, 4.69) is 5.32 Å². The highest BCUT2D eigenvalue weighted by Crippen LogP contribution is 2.26. The molecule has 0 heterocycles. The molecule has 0 saturated heterocycles. The van der Waals surface area contributed by atoms with Gasteiger partial charge in [0.15, 0.2) is 11.5 Å². The number of benzene rings is 2. The van der Waals surface area contributed by atoms with Crippen LogP contribution in [0.15, 0.2) is 36.4 Å². The van der Waals surface area contributed by atoms with Crippen molar-refractivity contribution in [1.82, 2.24) is 5.32 Å². The Morgan fingerprint density at radius 1 is 1.09 bits per heavy atom. The summed E-state index contributed by atoms with van der Waals surface area (Å²) in [5.41, 5.74) is 2.38. The number of rotatable bonds is 6. The zero-order valence-corrected chi connectivity index (χ0v) is 13.1. The van der Waals surface area contributed by atoms with Crippen molar-refractivity contribution in [3.63, 3.8) is 0 Å². The number of ether oxygens (including phenoxy) is 1. The Labute approximate surface area is 130 Å². The summed E-state index contributed by atoms with van der Waals surface area (Å²) < 4.78 is 18.9. The molecule has 0 fully saturated rings. The number of anilines is 1. The highest BCUT2D eigenvalue weighted by molar-refractivity contribution is 5.47. The molecule has 0 aliphatic heterocycles. The van der Waals surface area contributed by atoms with Crippen LogP contribution in [0.1, 0.15) is 11.1 Å². The molecule has 0 saturated carbocycles. The molecule has 22 heavy (non-hydrogen) atoms. The SMILES string of the molecule is COc1ccc(CNCc2ccc(N(C)C)c(F)c2)cc1O. The molecule has 0 radical (unpaired) electrons. The standard InChI is InChI=1S/C17H21FN2O2/c1-20(2)15-6-4-12(8-14(15)18)10-19-11-13-5-7-17(22-3)16(21)9-13/h4-9,19,21H,10-11H2,1-3H3. The van der Waals surface area contributed by atoms with Crippen molar-refractivity contribution in [2.75, 3.05) is 26.1 Å². The lowest BCUT2D eigenvalue weighted by Gasteiger charge is -2.14. The normalized spacial score (nSPS) is 10.5. The van der Waals surface area contributed by atoms with E-state index >= 15 is 0 Å². The number of nitrogens with one attached hydrogen (secondary N) is 1. The molecule has 0 atom stereocenters. The third-order valence-corrected chi connectivity index (χ3v) is 3.40. The first-order valence-corrected chi connectivity index (χ1v) is 7.03. The second-order valence-electron chi connectivity index (χ2n) is 5.29. The van der Waals surface area contributed by atoms with Gasteiger partial charge in [-0.15, -0.1) is 0 Å². The van der Waals surface area contributed by atoms with Gasteiger partial charge in [0.05, 0.1) is 12.8 Å². The van der Waals surface area contributed by atoms with Crippen molar-refractivity contribution in [2.24, 2.45) is 0 Å². The molecular formula is C17H21FN2O2. The Bertz CT molecular complexity index is 645. The predicted molar refractivity (Wildman–Crippen MR) is 85.9 cm³/mol. The Balaban J connectivity index is 1.94. The van der Waals surface area contributed by atoms with E-state index in [0.29, 0.717) is 24.5 Å². The predicted octanol–water partition coefficient (Wildman–Crippen LogP) is 2.90. The summed E-state index contributed by atoms with van der Waals surface area (Å²) in [5, 5.41) is 12.9. The fourth-order valence-corrected chi connectivity index (χ4v) is 2.22. The van der Waals surface area contributed by atoms with E-state index < -0.39 is 0 Å². The molecule has 2 aromatic rings. The Morgan fingerprint density at radius 2 is 1.73 bits per heavy atom. The van der Waals surface area contributed by atoms with E-state index in [1.54, 1.807) is 23.1 Å². The van der Waals surface area contributed by atoms with Gasteiger partial charge in [0.1, 0.15) is 5.82 Å². The van der Waals surface area contributed by atoms with Crippen LogP contribution in [0.25, 0.3) is 0 Å². The van der Waals surface area contributed by atoms with Gasteiger partial charge in [0, 0.05) is 27.2 Å². The Hall–Kier alpha value is -2.27. The molecule has 0 aromatic heterocycles. The molecule has 2 rings (SSSR count). The topological polar surface area (TPSA) is 44.7 Å². The van der Waals surface area contributed by atoms with E-state index in [1.165, 1.54) is 13.2 Å². The van der Waals surface area contributed by atoms with Crippen LogP contribution in [0.2, 0.25) is 0 Å². The molecule has 5 heteroatoms. The van der Waals surface area contributed by atoms with Gasteiger partial charge in [-0.25, -0.2) is 4.39 Å². The minimum atomic E-state index is -0.230. The largest absolute Gasteiger partial charge is 0.504 e. The minimum absolute atomic E-state index is 0.114. The van der Waals surface area contributed by atoms with E-state index in [4.69, 9.17) is 4.74 Å². The van der Waals surface area contributed by atoms with Crippen LogP contribution in [0.5, 0.6) is 11.5 Å². The van der Waals surface area contributed by atoms with Crippen LogP contribution in [-0.4, -0.2) is 26.3 Å². The van der Waals surface area contributed by atoms with Crippen molar-refractivity contribution in [1.29, 1.82) is 0 Å². The smallest absolute Gasteiger partial charge is 0.160 e. The van der Waals surface area contributed by atoms with Crippen molar-refractivity contribution in [3.8, 4) is 11.5 Å². The Kier molecular flexibility index (Phi) is 5.22. The fraction of sp³-hybridized carbons (Fsp3) is 0.294. The second kappa shape index (κ2) is 7.13. The van der Waals surface area contributed by atoms with Gasteiger partial charge >= 0.3 is 0 Å². The average Bonchev–Trinajstić information content (AvgIpc) is 2.47. The third kappa shape index (κ3) is 3.89. The highest BCUT2D eigenvalue weighted by atomic mass is 19.1. The van der Waals surface area contributed by atoms with Gasteiger partial charge in [-0.05, 0) is 35.4 Å². The lowest BCUT2D eigenvalue weighted by molar-refractivity contribution is 0.373. The molecule has 0 unspecified atom stereocenters. The third-order valence-electron chi connectivity index (χ3n) is 3.40. The molecular weight excluding hydrogens is 283 g/mol. The lowest BCUT2D eigenvalue weighted by atomic mass is 10.1. The molecule has 0 amide bonds. The maximum absolute atomic E-state index is 13.9. The molecule has 0 aliphatic rings. The van der Waals surface area contributed by atoms with Crippen LogP contribution in [0, 0.1) is 5.82 Å². The minimum Gasteiger partial charge on any atom is -0.504 e. The van der Waals surface area contributed by atoms with Gasteiger partial charge in [0.25, 0.3) is 0 Å². The van der Waals surface area contributed by atoms with Crippen molar-refractivity contribution in [2.45, 2.75) is 13.1 Å². The van der Waals surface area contributed by atoms with Gasteiger partial charge in [0.2, 0.25) is 0 Å². The van der Waals surface area contributed by atoms with E-state index in [9.17, 15) is 9.50 Å². The highest BCUT2D eigenvalue weighted by Gasteiger charge is 2.06. The molecule has 118 valence electrons. The van der Waals surface area contributed by atoms with Crippen molar-refractivity contribution < 1.29 is 14.2 Å². The zero-order valence-electron chi connectivity index (χ0n) is 13.1. The van der Waals surface area contributed by atoms with Crippen molar-refractivity contribution >= 4 is 5.69 Å². The summed E-state index contributed by atoms with van der Waals surface area (Å²) in [6, 6.07) is 10.5. The molecule has 0 bridgehead atoms. The van der Waals surface area contributed by atoms with Crippen LogP contribution in [0.4, 0.5) is 10.1 Å². The number of hydrogen-bond acceptors (Lipinski definition) is 4. The zero-order chi connectivity index (χ0) is 16.1. The van der Waals surface area contributed by atoms with E-state index in [0.717, 1.165) is 11.1 Å². The number of methoxy groups -OCH3 is 1. The summed E-state index contributed by atoms with van der Waals surface area (Å²) in [6.07, 6.45) is 0. The fourth-order valence-electron chi connectivity index (χ4n) is 2.22. The maximum Gasteiger partial charge on any atom is 0.160 e. The first-order valence-electron chi connectivity index (χ1n) is 7.03. The molecule has 2 N–H and O–H groups in total. The first-order chi connectivity index (χ1) is 10.5. The summed E-state index contributed by atoms with van der Waals surface area (Å²) in [6.45, 7) is 1.13. The molecule has 0 spiro atoms. The maximum atomic E-state index is 13.9. The number of hydrogen-bond donors (Lipinski definition) is 2. The van der Waals surface area contributed by atoms with Crippen LogP contribution in [0.3, 0.4) is 0 Å². The summed E-state index contributed by atoms with van der Waals surface area (Å²) >= 11 is 0. The molecule has 2 aromatic carbocycles. The monoisotopic (exact) mass is 304 g/mol. The lowest BCUT2D eigenvalue weighted by Crippen LogP contribution is -2.14. The summed E-state index contributed by atoms with van der Waals surface area (Å²) in [7, 11) is 5.14. The summed E-state index contributed by atoms with van der Waals surface area (Å²) in [4.78, 5) is 1.74. The van der Waals surface area contributed by atoms with Gasteiger partial charge in [-0.2, -0.15) is 0 Å². The van der Waals surface area contributed by atoms with E-state index in [-0.39, 0.29) is 11.6 Å². The molecule has 0 aliphatic carbocycles. The van der Waals surface area contributed by atoms with Crippen molar-refractivity contribution in [3.05, 3.63) is 53.3 Å². The molecule has 4 nitrogen and oxygen atoms in total. The van der Waals surface area contributed by atoms with Gasteiger partial charge in [-0.3, -0.25) is 0 Å². The second-order valence-corrected chi connectivity index (χ2v) is 5.29. The van der Waals surface area contributed by atoms with Crippen LogP contribution in [-0.2, 0) is 13.1 Å². The average molecular weight is 304 g/mol. The van der Waals surface area contributed by atoms with Gasteiger partial charge < -0.3 is 20.1 Å². The summed E-state index contributed by atoms with van der Waals surface area (Å²) in [5.74, 6) is 0.333. The van der Waals surface area contributed by atoms with Gasteiger partial charge in [-0.1, -0.05) is 12.1 Å². The van der Waals surface area contributed by atoms with Crippen LogP contribution >= 0.6 is 0 Å². The quantitative estimate of drug-likeness (QED) is 0.861. The van der Waals surface area contributed by atoms with Crippen LogP contribution < -0.4 is 15.0 Å². The number of halogens is 1. The van der Waals surface area contributed by atoms with E-state index in [1.807, 2.05) is 26.2 Å². The number of phenolic OH excluding ortho intramolecular Hbond substituents is 1. The first kappa shape index (κ1) is 16.1. The number of aromatic hydroxyl groups is 1.